The Hall–Kier alpha value is -1.38. The minimum absolute atomic E-state index is 0.114. The molecule has 0 aliphatic rings. The summed E-state index contributed by atoms with van der Waals surface area (Å²) >= 11 is 6.77. The van der Waals surface area contributed by atoms with Crippen molar-refractivity contribution in [2.75, 3.05) is 0 Å². The Balaban J connectivity index is 2.58. The van der Waals surface area contributed by atoms with E-state index >= 15 is 0 Å². The average Bonchev–Trinajstić information content (AvgIpc) is 2.27. The number of halogens is 2. The van der Waals surface area contributed by atoms with Crippen LogP contribution in [-0.4, -0.2) is 4.98 Å². The van der Waals surface area contributed by atoms with Crippen molar-refractivity contribution in [3.8, 4) is 17.3 Å². The van der Waals surface area contributed by atoms with E-state index in [2.05, 4.69) is 36.8 Å². The molecule has 2 rings (SSSR count). The summed E-state index contributed by atoms with van der Waals surface area (Å²) in [5.74, 6) is 0. The zero-order valence-electron chi connectivity index (χ0n) is 8.50. The second-order valence-electron chi connectivity index (χ2n) is 3.38. The summed E-state index contributed by atoms with van der Waals surface area (Å²) in [6.45, 7) is 0. The molecule has 0 atom stereocenters. The van der Waals surface area contributed by atoms with Gasteiger partial charge in [0.2, 0.25) is 0 Å². The number of rotatable bonds is 1. The van der Waals surface area contributed by atoms with E-state index in [0.717, 1.165) is 14.5 Å². The number of nitriles is 1. The topological polar surface area (TPSA) is 56.6 Å². The molecule has 1 aromatic heterocycles. The number of nitrogens with one attached hydrogen (secondary N) is 1. The number of aromatic amines is 1. The maximum absolute atomic E-state index is 11.5. The van der Waals surface area contributed by atoms with Crippen LogP contribution < -0.4 is 5.56 Å². The highest BCUT2D eigenvalue weighted by Gasteiger charge is 2.04. The maximum atomic E-state index is 11.5. The number of hydrogen-bond donors (Lipinski definition) is 1. The van der Waals surface area contributed by atoms with Crippen LogP contribution in [0, 0.1) is 11.3 Å². The SMILES string of the molecule is N#Cc1ccc(-c2cc(Br)cc(Br)c2)[nH]c1=O. The fourth-order valence-corrected chi connectivity index (χ4v) is 2.73. The average molecular weight is 354 g/mol. The van der Waals surface area contributed by atoms with Gasteiger partial charge < -0.3 is 4.98 Å². The molecule has 0 amide bonds. The molecule has 0 bridgehead atoms. The summed E-state index contributed by atoms with van der Waals surface area (Å²) in [4.78, 5) is 14.2. The molecule has 0 aliphatic carbocycles. The first-order chi connectivity index (χ1) is 8.10. The van der Waals surface area contributed by atoms with E-state index in [1.54, 1.807) is 6.07 Å². The Bertz CT molecular complexity index is 651. The van der Waals surface area contributed by atoms with Crippen molar-refractivity contribution in [1.82, 2.24) is 4.98 Å². The molecule has 1 N–H and O–H groups in total. The van der Waals surface area contributed by atoms with Gasteiger partial charge in [-0.2, -0.15) is 5.26 Å². The number of pyridine rings is 1. The van der Waals surface area contributed by atoms with Crippen molar-refractivity contribution in [1.29, 1.82) is 5.26 Å². The fourth-order valence-electron chi connectivity index (χ4n) is 1.44. The molecule has 1 heterocycles. The van der Waals surface area contributed by atoms with Crippen LogP contribution in [-0.2, 0) is 0 Å². The van der Waals surface area contributed by atoms with Crippen molar-refractivity contribution in [2.45, 2.75) is 0 Å². The monoisotopic (exact) mass is 352 g/mol. The van der Waals surface area contributed by atoms with Crippen LogP contribution in [0.15, 0.2) is 44.1 Å². The van der Waals surface area contributed by atoms with Gasteiger partial charge in [0.05, 0.1) is 0 Å². The maximum Gasteiger partial charge on any atom is 0.266 e. The van der Waals surface area contributed by atoms with Crippen LogP contribution in [0.4, 0.5) is 0 Å². The van der Waals surface area contributed by atoms with Crippen LogP contribution in [0.25, 0.3) is 11.3 Å². The lowest BCUT2D eigenvalue weighted by Crippen LogP contribution is -2.10. The predicted molar refractivity (Wildman–Crippen MR) is 72.6 cm³/mol. The highest BCUT2D eigenvalue weighted by Crippen LogP contribution is 2.25. The molecule has 84 valence electrons. The first-order valence-electron chi connectivity index (χ1n) is 4.70. The van der Waals surface area contributed by atoms with E-state index in [-0.39, 0.29) is 11.1 Å². The minimum Gasteiger partial charge on any atom is -0.321 e. The molecule has 17 heavy (non-hydrogen) atoms. The van der Waals surface area contributed by atoms with Gasteiger partial charge in [-0.15, -0.1) is 0 Å². The van der Waals surface area contributed by atoms with Crippen LogP contribution in [0.1, 0.15) is 5.56 Å². The molecule has 3 nitrogen and oxygen atoms in total. The van der Waals surface area contributed by atoms with Crippen LogP contribution in [0.2, 0.25) is 0 Å². The smallest absolute Gasteiger partial charge is 0.266 e. The lowest BCUT2D eigenvalue weighted by molar-refractivity contribution is 1.22. The molecule has 0 fully saturated rings. The minimum atomic E-state index is -0.374. The molecule has 2 aromatic rings. The summed E-state index contributed by atoms with van der Waals surface area (Å²) in [6.07, 6.45) is 0. The first-order valence-corrected chi connectivity index (χ1v) is 6.28. The molecule has 0 unspecified atom stereocenters. The Morgan fingerprint density at radius 2 is 1.76 bits per heavy atom. The molecule has 0 spiro atoms. The van der Waals surface area contributed by atoms with E-state index in [4.69, 9.17) is 5.26 Å². The number of aromatic nitrogens is 1. The van der Waals surface area contributed by atoms with E-state index in [1.807, 2.05) is 24.3 Å². The highest BCUT2D eigenvalue weighted by atomic mass is 79.9. The first kappa shape index (κ1) is 12.1. The number of hydrogen-bond acceptors (Lipinski definition) is 2. The Morgan fingerprint density at radius 3 is 2.29 bits per heavy atom. The van der Waals surface area contributed by atoms with E-state index in [0.29, 0.717) is 5.69 Å². The van der Waals surface area contributed by atoms with E-state index < -0.39 is 0 Å². The normalized spacial score (nSPS) is 9.94. The third-order valence-corrected chi connectivity index (χ3v) is 3.12. The zero-order chi connectivity index (χ0) is 12.4. The van der Waals surface area contributed by atoms with Gasteiger partial charge in [-0.1, -0.05) is 31.9 Å². The summed E-state index contributed by atoms with van der Waals surface area (Å²) < 4.78 is 1.82. The van der Waals surface area contributed by atoms with Crippen molar-refractivity contribution in [3.05, 3.63) is 55.2 Å². The Labute approximate surface area is 114 Å². The van der Waals surface area contributed by atoms with Crippen LogP contribution in [0.3, 0.4) is 0 Å². The predicted octanol–water partition coefficient (Wildman–Crippen LogP) is 3.44. The van der Waals surface area contributed by atoms with Gasteiger partial charge in [0.1, 0.15) is 11.6 Å². The van der Waals surface area contributed by atoms with Gasteiger partial charge in [-0.25, -0.2) is 0 Å². The van der Waals surface area contributed by atoms with Crippen LogP contribution in [0.5, 0.6) is 0 Å². The molecule has 5 heteroatoms. The molecule has 0 saturated heterocycles. The van der Waals surface area contributed by atoms with Gasteiger partial charge in [-0.05, 0) is 30.3 Å². The zero-order valence-corrected chi connectivity index (χ0v) is 11.7. The number of nitrogens with zero attached hydrogens (tertiary/aromatic N) is 1. The number of H-pyrrole nitrogens is 1. The standard InChI is InChI=1S/C12H6Br2N2O/c13-9-3-8(4-10(14)5-9)11-2-1-7(6-15)12(17)16-11/h1-5H,(H,16,17). The Morgan fingerprint density at radius 1 is 1.12 bits per heavy atom. The lowest BCUT2D eigenvalue weighted by Gasteiger charge is -2.03. The third-order valence-electron chi connectivity index (χ3n) is 2.20. The van der Waals surface area contributed by atoms with Gasteiger partial charge in [0, 0.05) is 20.2 Å². The molecular weight excluding hydrogens is 348 g/mol. The van der Waals surface area contributed by atoms with Crippen molar-refractivity contribution < 1.29 is 0 Å². The van der Waals surface area contributed by atoms with Gasteiger partial charge in [-0.3, -0.25) is 4.79 Å². The lowest BCUT2D eigenvalue weighted by atomic mass is 10.1. The largest absolute Gasteiger partial charge is 0.321 e. The summed E-state index contributed by atoms with van der Waals surface area (Å²) in [5, 5.41) is 8.68. The molecular formula is C12H6Br2N2O. The van der Waals surface area contributed by atoms with Crippen LogP contribution >= 0.6 is 31.9 Å². The second-order valence-corrected chi connectivity index (χ2v) is 5.22. The third kappa shape index (κ3) is 2.65. The van der Waals surface area contributed by atoms with Gasteiger partial charge >= 0.3 is 0 Å². The quantitative estimate of drug-likeness (QED) is 0.853. The van der Waals surface area contributed by atoms with Crippen molar-refractivity contribution in [2.24, 2.45) is 0 Å². The van der Waals surface area contributed by atoms with Gasteiger partial charge in [0.25, 0.3) is 5.56 Å². The molecule has 0 saturated carbocycles. The van der Waals surface area contributed by atoms with E-state index in [1.165, 1.54) is 6.07 Å². The van der Waals surface area contributed by atoms with Crippen molar-refractivity contribution in [3.63, 3.8) is 0 Å². The number of benzene rings is 1. The molecule has 0 radical (unpaired) electrons. The second kappa shape index (κ2) is 4.86. The molecule has 1 aromatic carbocycles. The fraction of sp³-hybridized carbons (Fsp3) is 0. The highest BCUT2D eigenvalue weighted by molar-refractivity contribution is 9.11. The molecule has 0 aliphatic heterocycles. The van der Waals surface area contributed by atoms with E-state index in [9.17, 15) is 4.79 Å². The summed E-state index contributed by atoms with van der Waals surface area (Å²) in [5.41, 5.74) is 1.28. The Kier molecular flexibility index (Phi) is 3.46. The van der Waals surface area contributed by atoms with Crippen molar-refractivity contribution >= 4 is 31.9 Å². The van der Waals surface area contributed by atoms with Gasteiger partial charge in [0.15, 0.2) is 0 Å². The summed E-state index contributed by atoms with van der Waals surface area (Å²) in [7, 11) is 0. The summed E-state index contributed by atoms with van der Waals surface area (Å²) in [6, 6.07) is 10.8.